The first-order chi connectivity index (χ1) is 14.1. The number of amides is 1. The summed E-state index contributed by atoms with van der Waals surface area (Å²) in [4.78, 5) is 17.3. The predicted molar refractivity (Wildman–Crippen MR) is 116 cm³/mol. The van der Waals surface area contributed by atoms with Crippen LogP contribution in [0.5, 0.6) is 11.5 Å². The molecule has 0 aliphatic carbocycles. The van der Waals surface area contributed by atoms with E-state index in [0.717, 1.165) is 22.0 Å². The number of nitrogens with zero attached hydrogens (tertiary/aromatic N) is 1. The highest BCUT2D eigenvalue weighted by Gasteiger charge is 2.20. The summed E-state index contributed by atoms with van der Waals surface area (Å²) < 4.78 is 11.0. The summed E-state index contributed by atoms with van der Waals surface area (Å²) in [7, 11) is 3.15. The third kappa shape index (κ3) is 4.49. The minimum absolute atomic E-state index is 0.134. The van der Waals surface area contributed by atoms with Gasteiger partial charge in [0, 0.05) is 18.0 Å². The Hall–Kier alpha value is -3.12. The topological polar surface area (TPSA) is 72.5 Å². The second kappa shape index (κ2) is 9.39. The number of likely N-dealkylation sites (N-methyl/N-ethyl adjacent to an activating group) is 1. The minimum atomic E-state index is -0.334. The number of hydrogen-bond donors (Lipinski definition) is 2. The Morgan fingerprint density at radius 3 is 2.62 bits per heavy atom. The molecule has 6 nitrogen and oxygen atoms in total. The van der Waals surface area contributed by atoms with Crippen molar-refractivity contribution in [3.05, 3.63) is 59.9 Å². The first-order valence-corrected chi connectivity index (χ1v) is 9.69. The molecule has 29 heavy (non-hydrogen) atoms. The van der Waals surface area contributed by atoms with Gasteiger partial charge in [-0.2, -0.15) is 0 Å². The fourth-order valence-electron chi connectivity index (χ4n) is 3.39. The van der Waals surface area contributed by atoms with E-state index in [1.54, 1.807) is 14.2 Å². The van der Waals surface area contributed by atoms with Gasteiger partial charge in [-0.3, -0.25) is 9.78 Å². The van der Waals surface area contributed by atoms with Crippen molar-refractivity contribution in [2.75, 3.05) is 26.1 Å². The summed E-state index contributed by atoms with van der Waals surface area (Å²) in [5.41, 5.74) is 2.45. The Labute approximate surface area is 171 Å². The molecule has 0 fully saturated rings. The molecule has 152 valence electrons. The summed E-state index contributed by atoms with van der Waals surface area (Å²) in [6, 6.07) is 13.6. The number of carbonyl (C=O) groups is 1. The largest absolute Gasteiger partial charge is 0.493 e. The molecule has 1 aromatic heterocycles. The normalized spacial score (nSPS) is 11.9. The van der Waals surface area contributed by atoms with E-state index in [2.05, 4.69) is 27.8 Å². The van der Waals surface area contributed by atoms with Crippen LogP contribution in [-0.2, 0) is 11.2 Å². The van der Waals surface area contributed by atoms with Crippen LogP contribution in [-0.4, -0.2) is 37.7 Å². The predicted octanol–water partition coefficient (Wildman–Crippen LogP) is 3.78. The maximum atomic E-state index is 12.7. The molecule has 1 atom stereocenters. The van der Waals surface area contributed by atoms with E-state index in [9.17, 15) is 4.79 Å². The highest BCUT2D eigenvalue weighted by molar-refractivity contribution is 5.97. The number of hydrogen-bond acceptors (Lipinski definition) is 5. The molecule has 0 aliphatic rings. The molecule has 0 radical (unpaired) electrons. The molecule has 6 heteroatoms. The number of fused-ring (bicyclic) bond motifs is 1. The number of ether oxygens (including phenoxy) is 2. The van der Waals surface area contributed by atoms with Crippen molar-refractivity contribution in [3.8, 4) is 11.5 Å². The summed E-state index contributed by atoms with van der Waals surface area (Å²) >= 11 is 0. The lowest BCUT2D eigenvalue weighted by Crippen LogP contribution is -2.38. The van der Waals surface area contributed by atoms with Crippen LogP contribution in [0.1, 0.15) is 25.1 Å². The molecular formula is C23H27N3O3. The molecule has 1 heterocycles. The zero-order valence-corrected chi connectivity index (χ0v) is 17.3. The number of aromatic nitrogens is 1. The van der Waals surface area contributed by atoms with Crippen molar-refractivity contribution in [3.63, 3.8) is 0 Å². The van der Waals surface area contributed by atoms with Gasteiger partial charge in [-0.15, -0.1) is 0 Å². The van der Waals surface area contributed by atoms with Crippen LogP contribution in [0.4, 0.5) is 5.69 Å². The van der Waals surface area contributed by atoms with Crippen molar-refractivity contribution >= 4 is 22.4 Å². The van der Waals surface area contributed by atoms with Crippen LogP contribution < -0.4 is 20.1 Å². The standard InChI is InChI=1S/C23H27N3O3/c1-5-24-15(2)23(27)26-21-17(10-11-20(28-3)22(21)29-4)14-19-18-9-7-6-8-16(18)12-13-25-19/h6-13,15,24H,5,14H2,1-4H3,(H,26,27). The van der Waals surface area contributed by atoms with Crippen LogP contribution >= 0.6 is 0 Å². The summed E-state index contributed by atoms with van der Waals surface area (Å²) in [6.45, 7) is 4.50. The van der Waals surface area contributed by atoms with E-state index in [0.29, 0.717) is 30.2 Å². The third-order valence-corrected chi connectivity index (χ3v) is 4.90. The Bertz CT molecular complexity index is 999. The van der Waals surface area contributed by atoms with Crippen molar-refractivity contribution in [1.82, 2.24) is 10.3 Å². The number of benzene rings is 2. The van der Waals surface area contributed by atoms with Gasteiger partial charge in [-0.25, -0.2) is 0 Å². The highest BCUT2D eigenvalue weighted by atomic mass is 16.5. The molecule has 0 spiro atoms. The van der Waals surface area contributed by atoms with Crippen LogP contribution in [0, 0.1) is 0 Å². The zero-order valence-electron chi connectivity index (χ0n) is 17.3. The van der Waals surface area contributed by atoms with Crippen molar-refractivity contribution in [1.29, 1.82) is 0 Å². The molecule has 3 aromatic rings. The van der Waals surface area contributed by atoms with Gasteiger partial charge >= 0.3 is 0 Å². The average molecular weight is 393 g/mol. The first kappa shape index (κ1) is 20.6. The molecule has 2 aromatic carbocycles. The maximum absolute atomic E-state index is 12.7. The number of carbonyl (C=O) groups excluding carboxylic acids is 1. The van der Waals surface area contributed by atoms with Crippen LogP contribution in [0.15, 0.2) is 48.7 Å². The Morgan fingerprint density at radius 2 is 1.90 bits per heavy atom. The van der Waals surface area contributed by atoms with Gasteiger partial charge in [0.25, 0.3) is 0 Å². The number of pyridine rings is 1. The van der Waals surface area contributed by atoms with E-state index < -0.39 is 0 Å². The molecule has 1 unspecified atom stereocenters. The van der Waals surface area contributed by atoms with Gasteiger partial charge in [0.2, 0.25) is 5.91 Å². The average Bonchev–Trinajstić information content (AvgIpc) is 2.74. The summed E-state index contributed by atoms with van der Waals surface area (Å²) in [5, 5.41) is 8.37. The highest BCUT2D eigenvalue weighted by Crippen LogP contribution is 2.39. The number of rotatable bonds is 8. The van der Waals surface area contributed by atoms with Gasteiger partial charge in [-0.1, -0.05) is 37.3 Å². The Kier molecular flexibility index (Phi) is 6.67. The van der Waals surface area contributed by atoms with E-state index in [4.69, 9.17) is 9.47 Å². The van der Waals surface area contributed by atoms with Crippen LogP contribution in [0.2, 0.25) is 0 Å². The van der Waals surface area contributed by atoms with Crippen molar-refractivity contribution in [2.45, 2.75) is 26.3 Å². The number of methoxy groups -OCH3 is 2. The van der Waals surface area contributed by atoms with Gasteiger partial charge in [0.15, 0.2) is 11.5 Å². The summed E-state index contributed by atoms with van der Waals surface area (Å²) in [6.07, 6.45) is 2.36. The maximum Gasteiger partial charge on any atom is 0.241 e. The van der Waals surface area contributed by atoms with Crippen LogP contribution in [0.25, 0.3) is 10.8 Å². The molecule has 0 saturated heterocycles. The molecule has 3 rings (SSSR count). The van der Waals surface area contributed by atoms with E-state index in [-0.39, 0.29) is 11.9 Å². The molecule has 2 N–H and O–H groups in total. The fourth-order valence-corrected chi connectivity index (χ4v) is 3.39. The zero-order chi connectivity index (χ0) is 20.8. The van der Waals surface area contributed by atoms with Gasteiger partial charge < -0.3 is 20.1 Å². The second-order valence-corrected chi connectivity index (χ2v) is 6.76. The Morgan fingerprint density at radius 1 is 1.10 bits per heavy atom. The van der Waals surface area contributed by atoms with E-state index >= 15 is 0 Å². The molecule has 0 bridgehead atoms. The quantitative estimate of drug-likeness (QED) is 0.609. The molecule has 1 amide bonds. The second-order valence-electron chi connectivity index (χ2n) is 6.76. The minimum Gasteiger partial charge on any atom is -0.493 e. The lowest BCUT2D eigenvalue weighted by Gasteiger charge is -2.20. The Balaban J connectivity index is 2.04. The van der Waals surface area contributed by atoms with Crippen molar-refractivity contribution in [2.24, 2.45) is 0 Å². The fraction of sp³-hybridized carbons (Fsp3) is 0.304. The third-order valence-electron chi connectivity index (χ3n) is 4.90. The summed E-state index contributed by atoms with van der Waals surface area (Å²) in [5.74, 6) is 0.932. The van der Waals surface area contributed by atoms with Crippen LogP contribution in [0.3, 0.4) is 0 Å². The molecule has 0 aliphatic heterocycles. The van der Waals surface area contributed by atoms with Gasteiger partial charge in [-0.05, 0) is 36.6 Å². The SMILES string of the molecule is CCNC(C)C(=O)Nc1c(Cc2nccc3ccccc23)ccc(OC)c1OC. The molecular weight excluding hydrogens is 366 g/mol. The lowest BCUT2D eigenvalue weighted by molar-refractivity contribution is -0.117. The smallest absolute Gasteiger partial charge is 0.241 e. The first-order valence-electron chi connectivity index (χ1n) is 9.69. The van der Waals surface area contributed by atoms with Gasteiger partial charge in [0.1, 0.15) is 0 Å². The number of anilines is 1. The van der Waals surface area contributed by atoms with Crippen molar-refractivity contribution < 1.29 is 14.3 Å². The lowest BCUT2D eigenvalue weighted by atomic mass is 10.0. The van der Waals surface area contributed by atoms with Gasteiger partial charge in [0.05, 0.1) is 31.6 Å². The number of nitrogens with one attached hydrogen (secondary N) is 2. The molecule has 0 saturated carbocycles. The van der Waals surface area contributed by atoms with E-state index in [1.165, 1.54) is 0 Å². The van der Waals surface area contributed by atoms with E-state index in [1.807, 2.05) is 50.4 Å². The monoisotopic (exact) mass is 393 g/mol.